The van der Waals surface area contributed by atoms with Gasteiger partial charge < -0.3 is 10.4 Å². The number of halogens is 1. The molecule has 1 aliphatic rings. The summed E-state index contributed by atoms with van der Waals surface area (Å²) in [6, 6.07) is 8.91. The van der Waals surface area contributed by atoms with Gasteiger partial charge in [0.1, 0.15) is 0 Å². The maximum atomic E-state index is 9.47. The van der Waals surface area contributed by atoms with Crippen LogP contribution in [0.2, 0.25) is 0 Å². The molecule has 1 saturated carbocycles. The summed E-state index contributed by atoms with van der Waals surface area (Å²) in [7, 11) is 0. The molecular formula is C14H20BrNO. The van der Waals surface area contributed by atoms with Gasteiger partial charge in [0.15, 0.2) is 0 Å². The Morgan fingerprint density at radius 2 is 1.88 bits per heavy atom. The van der Waals surface area contributed by atoms with Crippen molar-refractivity contribution in [2.45, 2.75) is 37.6 Å². The summed E-state index contributed by atoms with van der Waals surface area (Å²) in [5, 5.41) is 13.0. The standard InChI is InChI=1S/C14H20BrNO/c15-13-7-5-11(6-8-13)12(10-17)9-16-14-3-1-2-4-14/h5-8,12,14,16-17H,1-4,9-10H2. The third kappa shape index (κ3) is 3.80. The van der Waals surface area contributed by atoms with E-state index >= 15 is 0 Å². The monoisotopic (exact) mass is 297 g/mol. The van der Waals surface area contributed by atoms with Gasteiger partial charge in [0.05, 0.1) is 6.61 Å². The Bertz CT molecular complexity index is 333. The Hall–Kier alpha value is -0.380. The SMILES string of the molecule is OCC(CNC1CCCC1)c1ccc(Br)cc1. The zero-order chi connectivity index (χ0) is 12.1. The minimum atomic E-state index is 0.210. The number of hydrogen-bond donors (Lipinski definition) is 2. The average molecular weight is 298 g/mol. The van der Waals surface area contributed by atoms with Crippen molar-refractivity contribution in [1.29, 1.82) is 0 Å². The largest absolute Gasteiger partial charge is 0.396 e. The summed E-state index contributed by atoms with van der Waals surface area (Å²) in [6.07, 6.45) is 5.27. The third-order valence-electron chi connectivity index (χ3n) is 3.57. The quantitative estimate of drug-likeness (QED) is 0.875. The van der Waals surface area contributed by atoms with Gasteiger partial charge in [0.2, 0.25) is 0 Å². The fraction of sp³-hybridized carbons (Fsp3) is 0.571. The van der Waals surface area contributed by atoms with Gasteiger partial charge in [-0.1, -0.05) is 40.9 Å². The molecule has 2 rings (SSSR count). The molecule has 94 valence electrons. The Kier molecular flexibility index (Phi) is 5.01. The molecule has 17 heavy (non-hydrogen) atoms. The fourth-order valence-corrected chi connectivity index (χ4v) is 2.73. The lowest BCUT2D eigenvalue weighted by atomic mass is 9.99. The molecule has 1 aliphatic carbocycles. The van der Waals surface area contributed by atoms with Crippen LogP contribution >= 0.6 is 15.9 Å². The van der Waals surface area contributed by atoms with E-state index < -0.39 is 0 Å². The fourth-order valence-electron chi connectivity index (χ4n) is 2.46. The highest BCUT2D eigenvalue weighted by Crippen LogP contribution is 2.21. The van der Waals surface area contributed by atoms with Crippen LogP contribution in [0.5, 0.6) is 0 Å². The number of benzene rings is 1. The minimum absolute atomic E-state index is 0.210. The normalized spacial score (nSPS) is 18.5. The Balaban J connectivity index is 1.89. The molecule has 0 spiro atoms. The van der Waals surface area contributed by atoms with Crippen LogP contribution in [0, 0.1) is 0 Å². The highest BCUT2D eigenvalue weighted by atomic mass is 79.9. The van der Waals surface area contributed by atoms with Crippen LogP contribution in [0.1, 0.15) is 37.2 Å². The molecule has 2 N–H and O–H groups in total. The maximum Gasteiger partial charge on any atom is 0.0511 e. The molecule has 1 fully saturated rings. The van der Waals surface area contributed by atoms with Gasteiger partial charge >= 0.3 is 0 Å². The van der Waals surface area contributed by atoms with Gasteiger partial charge in [-0.05, 0) is 30.5 Å². The molecule has 1 aromatic rings. The van der Waals surface area contributed by atoms with Gasteiger partial charge in [0.25, 0.3) is 0 Å². The maximum absolute atomic E-state index is 9.47. The van der Waals surface area contributed by atoms with Crippen molar-refractivity contribution in [3.8, 4) is 0 Å². The van der Waals surface area contributed by atoms with E-state index in [1.165, 1.54) is 31.2 Å². The smallest absolute Gasteiger partial charge is 0.0511 e. The molecule has 0 radical (unpaired) electrons. The molecule has 0 saturated heterocycles. The molecule has 0 amide bonds. The molecule has 0 bridgehead atoms. The first-order valence-corrected chi connectivity index (χ1v) is 7.18. The first-order valence-electron chi connectivity index (χ1n) is 6.39. The van der Waals surface area contributed by atoms with Crippen LogP contribution in [-0.4, -0.2) is 24.3 Å². The Morgan fingerprint density at radius 1 is 1.24 bits per heavy atom. The summed E-state index contributed by atoms with van der Waals surface area (Å²) in [5.41, 5.74) is 1.21. The molecule has 1 unspecified atom stereocenters. The Morgan fingerprint density at radius 3 is 2.47 bits per heavy atom. The molecule has 1 aromatic carbocycles. The van der Waals surface area contributed by atoms with E-state index in [1.807, 2.05) is 12.1 Å². The number of aliphatic hydroxyl groups excluding tert-OH is 1. The highest BCUT2D eigenvalue weighted by Gasteiger charge is 2.17. The second-order valence-electron chi connectivity index (χ2n) is 4.82. The van der Waals surface area contributed by atoms with Crippen LogP contribution in [0.4, 0.5) is 0 Å². The van der Waals surface area contributed by atoms with Crippen molar-refractivity contribution in [3.05, 3.63) is 34.3 Å². The van der Waals surface area contributed by atoms with E-state index in [1.54, 1.807) is 0 Å². The summed E-state index contributed by atoms with van der Waals surface area (Å²) in [5.74, 6) is 0.212. The zero-order valence-electron chi connectivity index (χ0n) is 10.0. The topological polar surface area (TPSA) is 32.3 Å². The molecule has 0 heterocycles. The zero-order valence-corrected chi connectivity index (χ0v) is 11.6. The lowest BCUT2D eigenvalue weighted by Crippen LogP contribution is -2.31. The lowest BCUT2D eigenvalue weighted by Gasteiger charge is -2.19. The molecule has 1 atom stereocenters. The van der Waals surface area contributed by atoms with Gasteiger partial charge in [-0.3, -0.25) is 0 Å². The second-order valence-corrected chi connectivity index (χ2v) is 5.74. The summed E-state index contributed by atoms with van der Waals surface area (Å²) in [4.78, 5) is 0. The van der Waals surface area contributed by atoms with E-state index in [4.69, 9.17) is 0 Å². The van der Waals surface area contributed by atoms with Crippen LogP contribution in [0.15, 0.2) is 28.7 Å². The predicted molar refractivity (Wildman–Crippen MR) is 74.2 cm³/mol. The van der Waals surface area contributed by atoms with Gasteiger partial charge in [-0.25, -0.2) is 0 Å². The number of rotatable bonds is 5. The summed E-state index contributed by atoms with van der Waals surface area (Å²) in [6.45, 7) is 1.09. The first-order chi connectivity index (χ1) is 8.29. The average Bonchev–Trinajstić information content (AvgIpc) is 2.85. The predicted octanol–water partition coefficient (Wildman–Crippen LogP) is 3.06. The third-order valence-corrected chi connectivity index (χ3v) is 4.10. The van der Waals surface area contributed by atoms with Gasteiger partial charge in [0, 0.05) is 23.0 Å². The van der Waals surface area contributed by atoms with Crippen molar-refractivity contribution in [3.63, 3.8) is 0 Å². The molecule has 3 heteroatoms. The number of nitrogens with one attached hydrogen (secondary N) is 1. The van der Waals surface area contributed by atoms with Crippen LogP contribution in [0.25, 0.3) is 0 Å². The van der Waals surface area contributed by atoms with Crippen molar-refractivity contribution >= 4 is 15.9 Å². The Labute approximate surface area is 112 Å². The van der Waals surface area contributed by atoms with Crippen molar-refractivity contribution < 1.29 is 5.11 Å². The van der Waals surface area contributed by atoms with E-state index in [9.17, 15) is 5.11 Å². The minimum Gasteiger partial charge on any atom is -0.396 e. The summed E-state index contributed by atoms with van der Waals surface area (Å²) >= 11 is 3.43. The van der Waals surface area contributed by atoms with Crippen molar-refractivity contribution in [2.24, 2.45) is 0 Å². The molecule has 2 nitrogen and oxygen atoms in total. The van der Waals surface area contributed by atoms with Crippen LogP contribution in [-0.2, 0) is 0 Å². The second kappa shape index (κ2) is 6.53. The first kappa shape index (κ1) is 13.1. The molecule has 0 aromatic heterocycles. The van der Waals surface area contributed by atoms with E-state index in [0.717, 1.165) is 11.0 Å². The summed E-state index contributed by atoms with van der Waals surface area (Å²) < 4.78 is 1.08. The van der Waals surface area contributed by atoms with Gasteiger partial charge in [-0.15, -0.1) is 0 Å². The molecular weight excluding hydrogens is 278 g/mol. The van der Waals surface area contributed by atoms with E-state index in [-0.39, 0.29) is 12.5 Å². The van der Waals surface area contributed by atoms with E-state index in [0.29, 0.717) is 6.04 Å². The van der Waals surface area contributed by atoms with Crippen LogP contribution in [0.3, 0.4) is 0 Å². The molecule has 0 aliphatic heterocycles. The van der Waals surface area contributed by atoms with Crippen LogP contribution < -0.4 is 5.32 Å². The van der Waals surface area contributed by atoms with Gasteiger partial charge in [-0.2, -0.15) is 0 Å². The number of hydrogen-bond acceptors (Lipinski definition) is 2. The number of aliphatic hydroxyl groups is 1. The van der Waals surface area contributed by atoms with Crippen molar-refractivity contribution in [1.82, 2.24) is 5.32 Å². The van der Waals surface area contributed by atoms with Crippen molar-refractivity contribution in [2.75, 3.05) is 13.2 Å². The highest BCUT2D eigenvalue weighted by molar-refractivity contribution is 9.10. The van der Waals surface area contributed by atoms with E-state index in [2.05, 4.69) is 33.4 Å². The lowest BCUT2D eigenvalue weighted by molar-refractivity contribution is 0.258.